The number of carbonyl (C=O) groups is 2. The molecule has 0 radical (unpaired) electrons. The molecule has 0 aromatic heterocycles. The number of nitrogens with one attached hydrogen (secondary N) is 1. The summed E-state index contributed by atoms with van der Waals surface area (Å²) in [7, 11) is 0. The molecule has 0 atom stereocenters. The number of nitrogens with zero attached hydrogens (tertiary/aromatic N) is 1. The lowest BCUT2D eigenvalue weighted by Gasteiger charge is -2.15. The first-order valence-electron chi connectivity index (χ1n) is 7.99. The quantitative estimate of drug-likeness (QED) is 0.777. The van der Waals surface area contributed by atoms with E-state index in [4.69, 9.17) is 16.3 Å². The van der Waals surface area contributed by atoms with E-state index in [1.165, 1.54) is 0 Å². The zero-order chi connectivity index (χ0) is 16.7. The van der Waals surface area contributed by atoms with Crippen LogP contribution in [0.5, 0.6) is 5.75 Å². The summed E-state index contributed by atoms with van der Waals surface area (Å²) in [6, 6.07) is 5.45. The van der Waals surface area contributed by atoms with Crippen molar-refractivity contribution in [3.05, 3.63) is 28.8 Å². The van der Waals surface area contributed by atoms with Crippen LogP contribution in [0, 0.1) is 6.92 Å². The van der Waals surface area contributed by atoms with Crippen LogP contribution in [0.4, 0.5) is 0 Å². The van der Waals surface area contributed by atoms with Crippen LogP contribution in [-0.4, -0.2) is 43.0 Å². The van der Waals surface area contributed by atoms with Crippen molar-refractivity contribution in [2.75, 3.05) is 26.2 Å². The molecule has 126 valence electrons. The average molecular weight is 339 g/mol. The molecular formula is C17H23ClN2O3. The van der Waals surface area contributed by atoms with Crippen LogP contribution in [0.25, 0.3) is 0 Å². The molecule has 1 saturated heterocycles. The lowest BCUT2D eigenvalue weighted by Crippen LogP contribution is -2.38. The number of hydrogen-bond donors (Lipinski definition) is 1. The van der Waals surface area contributed by atoms with Gasteiger partial charge in [-0.2, -0.15) is 0 Å². The summed E-state index contributed by atoms with van der Waals surface area (Å²) in [6.45, 7) is 4.09. The van der Waals surface area contributed by atoms with E-state index in [1.807, 2.05) is 19.1 Å². The number of rotatable bonds is 7. The van der Waals surface area contributed by atoms with Gasteiger partial charge >= 0.3 is 0 Å². The average Bonchev–Trinajstić information content (AvgIpc) is 3.05. The summed E-state index contributed by atoms with van der Waals surface area (Å²) >= 11 is 5.89. The van der Waals surface area contributed by atoms with E-state index in [0.29, 0.717) is 24.5 Å². The molecule has 1 N–H and O–H groups in total. The highest BCUT2D eigenvalue weighted by molar-refractivity contribution is 6.30. The Kier molecular flexibility index (Phi) is 6.71. The number of benzene rings is 1. The van der Waals surface area contributed by atoms with Crippen molar-refractivity contribution in [2.45, 2.75) is 32.6 Å². The van der Waals surface area contributed by atoms with Crippen LogP contribution in [0.15, 0.2) is 18.2 Å². The predicted molar refractivity (Wildman–Crippen MR) is 89.7 cm³/mol. The lowest BCUT2D eigenvalue weighted by atomic mass is 10.2. The number of amides is 2. The smallest absolute Gasteiger partial charge is 0.241 e. The highest BCUT2D eigenvalue weighted by atomic mass is 35.5. The standard InChI is InChI=1S/C17H23ClN2O3/c1-13-11-14(18)6-7-15(13)23-10-4-5-16(21)19-12-17(22)20-8-2-3-9-20/h6-7,11H,2-5,8-10,12H2,1H3,(H,19,21). The van der Waals surface area contributed by atoms with Gasteiger partial charge in [0.1, 0.15) is 5.75 Å². The van der Waals surface area contributed by atoms with Gasteiger partial charge in [-0.1, -0.05) is 11.6 Å². The van der Waals surface area contributed by atoms with Crippen molar-refractivity contribution < 1.29 is 14.3 Å². The van der Waals surface area contributed by atoms with Gasteiger partial charge in [0.2, 0.25) is 11.8 Å². The molecule has 23 heavy (non-hydrogen) atoms. The molecule has 1 heterocycles. The topological polar surface area (TPSA) is 58.6 Å². The van der Waals surface area contributed by atoms with Crippen molar-refractivity contribution in [3.8, 4) is 5.75 Å². The zero-order valence-corrected chi connectivity index (χ0v) is 14.2. The van der Waals surface area contributed by atoms with Gasteiger partial charge in [0.25, 0.3) is 0 Å². The van der Waals surface area contributed by atoms with Gasteiger partial charge in [-0.3, -0.25) is 9.59 Å². The molecule has 1 aliphatic heterocycles. The van der Waals surface area contributed by atoms with Crippen LogP contribution < -0.4 is 10.1 Å². The molecule has 1 aliphatic rings. The molecule has 2 amide bonds. The van der Waals surface area contributed by atoms with E-state index in [9.17, 15) is 9.59 Å². The second kappa shape index (κ2) is 8.77. The number of carbonyl (C=O) groups excluding carboxylic acids is 2. The maximum Gasteiger partial charge on any atom is 0.241 e. The number of aryl methyl sites for hydroxylation is 1. The van der Waals surface area contributed by atoms with Crippen molar-refractivity contribution in [3.63, 3.8) is 0 Å². The van der Waals surface area contributed by atoms with Crippen LogP contribution in [-0.2, 0) is 9.59 Å². The lowest BCUT2D eigenvalue weighted by molar-refractivity contribution is -0.132. The number of ether oxygens (including phenoxy) is 1. The van der Waals surface area contributed by atoms with Crippen LogP contribution in [0.2, 0.25) is 5.02 Å². The van der Waals surface area contributed by atoms with E-state index in [0.717, 1.165) is 37.2 Å². The Bertz CT molecular complexity index is 557. The monoisotopic (exact) mass is 338 g/mol. The molecule has 5 nitrogen and oxygen atoms in total. The predicted octanol–water partition coefficient (Wildman–Crippen LogP) is 2.55. The first-order valence-corrected chi connectivity index (χ1v) is 8.37. The first-order chi connectivity index (χ1) is 11.1. The fourth-order valence-electron chi connectivity index (χ4n) is 2.53. The third-order valence-electron chi connectivity index (χ3n) is 3.84. The van der Waals surface area contributed by atoms with E-state index >= 15 is 0 Å². The van der Waals surface area contributed by atoms with Crippen LogP contribution >= 0.6 is 11.6 Å². The molecular weight excluding hydrogens is 316 g/mol. The third-order valence-corrected chi connectivity index (χ3v) is 4.07. The van der Waals surface area contributed by atoms with Crippen molar-refractivity contribution >= 4 is 23.4 Å². The molecule has 0 bridgehead atoms. The minimum Gasteiger partial charge on any atom is -0.493 e. The Morgan fingerprint density at radius 1 is 1.30 bits per heavy atom. The zero-order valence-electron chi connectivity index (χ0n) is 13.4. The van der Waals surface area contributed by atoms with Crippen molar-refractivity contribution in [1.82, 2.24) is 10.2 Å². The van der Waals surface area contributed by atoms with Crippen LogP contribution in [0.3, 0.4) is 0 Å². The number of likely N-dealkylation sites (tertiary alicyclic amines) is 1. The van der Waals surface area contributed by atoms with Gasteiger partial charge < -0.3 is 15.0 Å². The summed E-state index contributed by atoms with van der Waals surface area (Å²) in [6.07, 6.45) is 3.06. The molecule has 6 heteroatoms. The van der Waals surface area contributed by atoms with Crippen LogP contribution in [0.1, 0.15) is 31.2 Å². The summed E-state index contributed by atoms with van der Waals surface area (Å²) in [5.74, 6) is 0.664. The van der Waals surface area contributed by atoms with E-state index in [-0.39, 0.29) is 18.4 Å². The molecule has 1 aromatic carbocycles. The summed E-state index contributed by atoms with van der Waals surface area (Å²) in [5.41, 5.74) is 0.971. The molecule has 1 aromatic rings. The Balaban J connectivity index is 1.60. The summed E-state index contributed by atoms with van der Waals surface area (Å²) < 4.78 is 5.64. The molecule has 0 saturated carbocycles. The van der Waals surface area contributed by atoms with Gasteiger partial charge in [-0.15, -0.1) is 0 Å². The maximum atomic E-state index is 11.8. The maximum absolute atomic E-state index is 11.8. The van der Waals surface area contributed by atoms with Gasteiger partial charge in [-0.25, -0.2) is 0 Å². The molecule has 0 aliphatic carbocycles. The first kappa shape index (κ1) is 17.6. The molecule has 2 rings (SSSR count). The second-order valence-electron chi connectivity index (χ2n) is 5.73. The van der Waals surface area contributed by atoms with E-state index in [1.54, 1.807) is 11.0 Å². The minimum absolute atomic E-state index is 0.00360. The number of hydrogen-bond acceptors (Lipinski definition) is 3. The van der Waals surface area contributed by atoms with Gasteiger partial charge in [0, 0.05) is 24.5 Å². The highest BCUT2D eigenvalue weighted by Gasteiger charge is 2.17. The Hall–Kier alpha value is -1.75. The normalized spacial score (nSPS) is 13.9. The Labute approximate surface area is 141 Å². The van der Waals surface area contributed by atoms with Gasteiger partial charge in [0.15, 0.2) is 0 Å². The Morgan fingerprint density at radius 2 is 2.04 bits per heavy atom. The molecule has 0 unspecified atom stereocenters. The van der Waals surface area contributed by atoms with Gasteiger partial charge in [0.05, 0.1) is 13.2 Å². The highest BCUT2D eigenvalue weighted by Crippen LogP contribution is 2.21. The van der Waals surface area contributed by atoms with Crippen molar-refractivity contribution in [2.24, 2.45) is 0 Å². The second-order valence-corrected chi connectivity index (χ2v) is 6.16. The third kappa shape index (κ3) is 5.75. The van der Waals surface area contributed by atoms with Crippen molar-refractivity contribution in [1.29, 1.82) is 0 Å². The summed E-state index contributed by atoms with van der Waals surface area (Å²) in [5, 5.41) is 3.35. The Morgan fingerprint density at radius 3 is 2.74 bits per heavy atom. The minimum atomic E-state index is -0.117. The van der Waals surface area contributed by atoms with E-state index < -0.39 is 0 Å². The SMILES string of the molecule is Cc1cc(Cl)ccc1OCCCC(=O)NCC(=O)N1CCCC1. The van der Waals surface area contributed by atoms with E-state index in [2.05, 4.69) is 5.32 Å². The fourth-order valence-corrected chi connectivity index (χ4v) is 2.76. The fraction of sp³-hybridized carbons (Fsp3) is 0.529. The van der Waals surface area contributed by atoms with Gasteiger partial charge in [-0.05, 0) is 49.9 Å². The largest absolute Gasteiger partial charge is 0.493 e. The number of halogens is 1. The molecule has 0 spiro atoms. The summed E-state index contributed by atoms with van der Waals surface area (Å²) in [4.78, 5) is 25.3. The molecule has 1 fully saturated rings.